The average Bonchev–Trinajstić information content (AvgIpc) is 3.00. The molecule has 0 aliphatic rings. The van der Waals surface area contributed by atoms with Crippen molar-refractivity contribution >= 4 is 17.7 Å². The highest BCUT2D eigenvalue weighted by Crippen LogP contribution is 2.23. The number of carbonyl (C=O) groups excluding carboxylic acids is 1. The summed E-state index contributed by atoms with van der Waals surface area (Å²) >= 11 is 1.54. The molecule has 0 unspecified atom stereocenters. The zero-order valence-electron chi connectivity index (χ0n) is 16.1. The van der Waals surface area contributed by atoms with Crippen LogP contribution in [0.3, 0.4) is 0 Å². The van der Waals surface area contributed by atoms with E-state index in [1.807, 2.05) is 49.4 Å². The van der Waals surface area contributed by atoms with Crippen molar-refractivity contribution in [2.45, 2.75) is 44.0 Å². The number of aromatic nitrogens is 3. The standard InChI is InChI=1S/C21H24N4OS/c1-15-22-23-20(27-14-16-8-6-5-7-9-16)25(15)24-19(26)17-10-12-18(13-11-17)21(2,3)4/h5-13H,14H2,1-4H3,(H,24,26). The second-order valence-corrected chi connectivity index (χ2v) is 8.35. The average molecular weight is 381 g/mol. The van der Waals surface area contributed by atoms with E-state index in [1.165, 1.54) is 22.9 Å². The highest BCUT2D eigenvalue weighted by atomic mass is 32.2. The van der Waals surface area contributed by atoms with Crippen LogP contribution in [0.5, 0.6) is 0 Å². The Kier molecular flexibility index (Phi) is 5.65. The molecule has 3 rings (SSSR count). The molecule has 1 aromatic heterocycles. The lowest BCUT2D eigenvalue weighted by Gasteiger charge is -2.19. The molecule has 0 saturated heterocycles. The Morgan fingerprint density at radius 1 is 1.04 bits per heavy atom. The summed E-state index contributed by atoms with van der Waals surface area (Å²) in [4.78, 5) is 12.7. The van der Waals surface area contributed by atoms with E-state index in [0.29, 0.717) is 16.5 Å². The normalized spacial score (nSPS) is 11.4. The first kappa shape index (κ1) is 19.2. The first-order valence-electron chi connectivity index (χ1n) is 8.85. The summed E-state index contributed by atoms with van der Waals surface area (Å²) in [6, 6.07) is 17.8. The molecule has 3 aromatic rings. The molecule has 0 saturated carbocycles. The monoisotopic (exact) mass is 380 g/mol. The van der Waals surface area contributed by atoms with Crippen molar-refractivity contribution in [2.24, 2.45) is 0 Å². The lowest BCUT2D eigenvalue weighted by molar-refractivity contribution is 0.100. The number of thioether (sulfide) groups is 1. The number of rotatable bonds is 5. The molecule has 0 aliphatic carbocycles. The van der Waals surface area contributed by atoms with E-state index in [2.05, 4.69) is 48.5 Å². The van der Waals surface area contributed by atoms with Crippen LogP contribution in [0.1, 0.15) is 48.1 Å². The van der Waals surface area contributed by atoms with E-state index in [-0.39, 0.29) is 11.3 Å². The Bertz CT molecular complexity index is 912. The Balaban J connectivity index is 1.71. The predicted molar refractivity (Wildman–Crippen MR) is 110 cm³/mol. The fourth-order valence-electron chi connectivity index (χ4n) is 2.57. The van der Waals surface area contributed by atoms with Gasteiger partial charge in [0.05, 0.1) is 0 Å². The molecule has 0 fully saturated rings. The van der Waals surface area contributed by atoms with Gasteiger partial charge in [0.1, 0.15) is 5.82 Å². The van der Waals surface area contributed by atoms with E-state index >= 15 is 0 Å². The zero-order valence-corrected chi connectivity index (χ0v) is 16.9. The molecule has 6 heteroatoms. The maximum absolute atomic E-state index is 12.7. The predicted octanol–water partition coefficient (Wildman–Crippen LogP) is 4.56. The molecule has 0 spiro atoms. The molecule has 5 nitrogen and oxygen atoms in total. The van der Waals surface area contributed by atoms with Crippen molar-refractivity contribution in [3.05, 3.63) is 77.1 Å². The summed E-state index contributed by atoms with van der Waals surface area (Å²) < 4.78 is 1.65. The first-order valence-corrected chi connectivity index (χ1v) is 9.84. The number of aryl methyl sites for hydroxylation is 1. The number of hydrogen-bond donors (Lipinski definition) is 1. The molecule has 140 valence electrons. The fraction of sp³-hybridized carbons (Fsp3) is 0.286. The Morgan fingerprint density at radius 2 is 1.70 bits per heavy atom. The summed E-state index contributed by atoms with van der Waals surface area (Å²) in [5.41, 5.74) is 5.95. The smallest absolute Gasteiger partial charge is 0.267 e. The van der Waals surface area contributed by atoms with Crippen molar-refractivity contribution in [1.82, 2.24) is 14.9 Å². The molecule has 1 amide bonds. The molecule has 0 aliphatic heterocycles. The Morgan fingerprint density at radius 3 is 2.33 bits per heavy atom. The molecule has 1 heterocycles. The van der Waals surface area contributed by atoms with Crippen molar-refractivity contribution in [3.63, 3.8) is 0 Å². The van der Waals surface area contributed by atoms with E-state index in [9.17, 15) is 4.79 Å². The summed E-state index contributed by atoms with van der Waals surface area (Å²) in [6.07, 6.45) is 0. The molecular formula is C21H24N4OS. The van der Waals surface area contributed by atoms with Crippen molar-refractivity contribution in [1.29, 1.82) is 0 Å². The lowest BCUT2D eigenvalue weighted by atomic mass is 9.87. The summed E-state index contributed by atoms with van der Waals surface area (Å²) in [5.74, 6) is 1.22. The topological polar surface area (TPSA) is 59.8 Å². The van der Waals surface area contributed by atoms with Gasteiger partial charge in [0.25, 0.3) is 5.91 Å². The van der Waals surface area contributed by atoms with Crippen molar-refractivity contribution in [2.75, 3.05) is 5.43 Å². The molecule has 1 N–H and O–H groups in total. The summed E-state index contributed by atoms with van der Waals surface area (Å²) in [5, 5.41) is 8.95. The van der Waals surface area contributed by atoms with Gasteiger partial charge in [-0.05, 0) is 35.6 Å². The molecular weight excluding hydrogens is 356 g/mol. The molecule has 27 heavy (non-hydrogen) atoms. The minimum absolute atomic E-state index is 0.0567. The second kappa shape index (κ2) is 7.96. The molecule has 0 atom stereocenters. The van der Waals surface area contributed by atoms with Crippen LogP contribution in [0, 0.1) is 6.92 Å². The van der Waals surface area contributed by atoms with Gasteiger partial charge in [-0.2, -0.15) is 0 Å². The van der Waals surface area contributed by atoms with Gasteiger partial charge < -0.3 is 0 Å². The lowest BCUT2D eigenvalue weighted by Crippen LogP contribution is -2.25. The maximum Gasteiger partial charge on any atom is 0.270 e. The quantitative estimate of drug-likeness (QED) is 0.659. The first-order chi connectivity index (χ1) is 12.8. The number of benzene rings is 2. The van der Waals surface area contributed by atoms with E-state index < -0.39 is 0 Å². The summed E-state index contributed by atoms with van der Waals surface area (Å²) in [6.45, 7) is 8.28. The minimum atomic E-state index is -0.181. The Labute approximate surface area is 164 Å². The van der Waals surface area contributed by atoms with E-state index in [4.69, 9.17) is 0 Å². The van der Waals surface area contributed by atoms with Crippen LogP contribution >= 0.6 is 11.8 Å². The molecule has 0 bridgehead atoms. The minimum Gasteiger partial charge on any atom is -0.267 e. The van der Waals surface area contributed by atoms with Crippen LogP contribution in [-0.2, 0) is 11.2 Å². The second-order valence-electron chi connectivity index (χ2n) is 7.41. The third-order valence-corrected chi connectivity index (χ3v) is 5.23. The fourth-order valence-corrected chi connectivity index (χ4v) is 3.47. The highest BCUT2D eigenvalue weighted by Gasteiger charge is 2.16. The van der Waals surface area contributed by atoms with Crippen LogP contribution in [0.15, 0.2) is 59.8 Å². The molecule has 0 radical (unpaired) electrons. The van der Waals surface area contributed by atoms with Crippen LogP contribution in [0.25, 0.3) is 0 Å². The number of nitrogens with one attached hydrogen (secondary N) is 1. The van der Waals surface area contributed by atoms with Crippen molar-refractivity contribution < 1.29 is 4.79 Å². The third kappa shape index (κ3) is 4.77. The van der Waals surface area contributed by atoms with Gasteiger partial charge in [0.15, 0.2) is 0 Å². The van der Waals surface area contributed by atoms with Gasteiger partial charge in [-0.1, -0.05) is 75.0 Å². The Hall–Kier alpha value is -2.60. The third-order valence-electron chi connectivity index (χ3n) is 4.23. The van der Waals surface area contributed by atoms with Gasteiger partial charge in [-0.15, -0.1) is 10.2 Å². The van der Waals surface area contributed by atoms with Crippen molar-refractivity contribution in [3.8, 4) is 0 Å². The van der Waals surface area contributed by atoms with E-state index in [1.54, 1.807) is 4.68 Å². The van der Waals surface area contributed by atoms with Gasteiger partial charge in [-0.3, -0.25) is 10.2 Å². The van der Waals surface area contributed by atoms with Gasteiger partial charge >= 0.3 is 0 Å². The number of nitrogens with zero attached hydrogens (tertiary/aromatic N) is 3. The van der Waals surface area contributed by atoms with Crippen LogP contribution in [-0.4, -0.2) is 20.8 Å². The van der Waals surface area contributed by atoms with Gasteiger partial charge in [0.2, 0.25) is 5.16 Å². The van der Waals surface area contributed by atoms with Gasteiger partial charge in [0, 0.05) is 11.3 Å². The zero-order chi connectivity index (χ0) is 19.4. The number of hydrogen-bond acceptors (Lipinski definition) is 4. The van der Waals surface area contributed by atoms with Gasteiger partial charge in [-0.25, -0.2) is 4.68 Å². The highest BCUT2D eigenvalue weighted by molar-refractivity contribution is 7.98. The number of amides is 1. The largest absolute Gasteiger partial charge is 0.270 e. The molecule has 2 aromatic carbocycles. The number of carbonyl (C=O) groups is 1. The maximum atomic E-state index is 12.7. The van der Waals surface area contributed by atoms with E-state index in [0.717, 1.165) is 5.75 Å². The van der Waals surface area contributed by atoms with Crippen LogP contribution in [0.4, 0.5) is 0 Å². The summed E-state index contributed by atoms with van der Waals surface area (Å²) in [7, 11) is 0. The SMILES string of the molecule is Cc1nnc(SCc2ccccc2)n1NC(=O)c1ccc(C(C)(C)C)cc1. The van der Waals surface area contributed by atoms with Crippen LogP contribution in [0.2, 0.25) is 0 Å². The van der Waals surface area contributed by atoms with Crippen LogP contribution < -0.4 is 5.43 Å².